The van der Waals surface area contributed by atoms with E-state index in [1.807, 2.05) is 6.92 Å². The highest BCUT2D eigenvalue weighted by Crippen LogP contribution is 2.20. The number of hydrogen-bond acceptors (Lipinski definition) is 6. The fourth-order valence-electron chi connectivity index (χ4n) is 2.49. The number of likely N-dealkylation sites (tertiary alicyclic amines) is 1. The van der Waals surface area contributed by atoms with Gasteiger partial charge in [-0.05, 0) is 19.8 Å². The molecule has 112 valence electrons. The van der Waals surface area contributed by atoms with Crippen LogP contribution in [0.3, 0.4) is 0 Å². The molecular weight excluding hydrogens is 272 g/mol. The van der Waals surface area contributed by atoms with Gasteiger partial charge in [0, 0.05) is 19.1 Å². The van der Waals surface area contributed by atoms with Crippen molar-refractivity contribution < 1.29 is 9.53 Å². The molecule has 2 aromatic rings. The lowest BCUT2D eigenvalue weighted by molar-refractivity contribution is 0.0983. The fourth-order valence-corrected chi connectivity index (χ4v) is 2.49. The smallest absolute Gasteiger partial charge is 0.409 e. The minimum Gasteiger partial charge on any atom is -0.450 e. The quantitative estimate of drug-likeness (QED) is 0.886. The molecule has 0 saturated carbocycles. The van der Waals surface area contributed by atoms with Crippen LogP contribution in [0.1, 0.15) is 19.8 Å². The Kier molecular flexibility index (Phi) is 3.85. The SMILES string of the molecule is CCOC(=O)N1CCC(Nc2ncnc3[nH]ncc23)CC1. The third kappa shape index (κ3) is 2.88. The van der Waals surface area contributed by atoms with Crippen molar-refractivity contribution in [1.82, 2.24) is 25.1 Å². The van der Waals surface area contributed by atoms with E-state index in [4.69, 9.17) is 4.74 Å². The Labute approximate surface area is 121 Å². The molecule has 1 saturated heterocycles. The Bertz CT molecular complexity index is 620. The van der Waals surface area contributed by atoms with Crippen molar-refractivity contribution in [1.29, 1.82) is 0 Å². The molecule has 0 aliphatic carbocycles. The summed E-state index contributed by atoms with van der Waals surface area (Å²) in [5, 5.41) is 11.1. The van der Waals surface area contributed by atoms with E-state index in [1.165, 1.54) is 6.33 Å². The Hall–Kier alpha value is -2.38. The van der Waals surface area contributed by atoms with Crippen molar-refractivity contribution >= 4 is 22.9 Å². The second-order valence-electron chi connectivity index (χ2n) is 4.96. The molecule has 1 fully saturated rings. The number of piperidine rings is 1. The van der Waals surface area contributed by atoms with Gasteiger partial charge in [-0.3, -0.25) is 5.10 Å². The van der Waals surface area contributed by atoms with E-state index in [0.717, 1.165) is 29.7 Å². The van der Waals surface area contributed by atoms with Crippen molar-refractivity contribution in [2.24, 2.45) is 0 Å². The molecule has 1 amide bonds. The van der Waals surface area contributed by atoms with Crippen LogP contribution in [-0.2, 0) is 4.74 Å². The number of hydrogen-bond donors (Lipinski definition) is 2. The fraction of sp³-hybridized carbons (Fsp3) is 0.538. The molecule has 0 radical (unpaired) electrons. The van der Waals surface area contributed by atoms with Crippen molar-refractivity contribution in [2.75, 3.05) is 25.0 Å². The van der Waals surface area contributed by atoms with Gasteiger partial charge in [-0.25, -0.2) is 14.8 Å². The lowest BCUT2D eigenvalue weighted by Crippen LogP contribution is -2.42. The minimum atomic E-state index is -0.227. The van der Waals surface area contributed by atoms with Crippen molar-refractivity contribution in [3.05, 3.63) is 12.5 Å². The topological polar surface area (TPSA) is 96.0 Å². The number of H-pyrrole nitrogens is 1. The molecule has 0 aromatic carbocycles. The first kappa shape index (κ1) is 13.6. The molecule has 8 nitrogen and oxygen atoms in total. The maximum atomic E-state index is 11.7. The Morgan fingerprint density at radius 3 is 3.05 bits per heavy atom. The zero-order chi connectivity index (χ0) is 14.7. The van der Waals surface area contributed by atoms with Gasteiger partial charge in [-0.2, -0.15) is 5.10 Å². The zero-order valence-electron chi connectivity index (χ0n) is 11.9. The third-order valence-electron chi connectivity index (χ3n) is 3.61. The highest BCUT2D eigenvalue weighted by molar-refractivity contribution is 5.85. The number of nitrogens with one attached hydrogen (secondary N) is 2. The summed E-state index contributed by atoms with van der Waals surface area (Å²) in [5.74, 6) is 0.781. The summed E-state index contributed by atoms with van der Waals surface area (Å²) in [4.78, 5) is 21.8. The number of nitrogens with zero attached hydrogens (tertiary/aromatic N) is 4. The normalized spacial score (nSPS) is 16.1. The summed E-state index contributed by atoms with van der Waals surface area (Å²) in [6, 6.07) is 0.281. The maximum absolute atomic E-state index is 11.7. The van der Waals surface area contributed by atoms with Gasteiger partial charge in [0.25, 0.3) is 0 Å². The number of anilines is 1. The number of amides is 1. The third-order valence-corrected chi connectivity index (χ3v) is 3.61. The number of aromatic nitrogens is 4. The van der Waals surface area contributed by atoms with Gasteiger partial charge in [0.05, 0.1) is 18.2 Å². The van der Waals surface area contributed by atoms with E-state index < -0.39 is 0 Å². The predicted octanol–water partition coefficient (Wildman–Crippen LogP) is 1.39. The number of ether oxygens (including phenoxy) is 1. The van der Waals surface area contributed by atoms with E-state index in [2.05, 4.69) is 25.5 Å². The Morgan fingerprint density at radius 1 is 1.48 bits per heavy atom. The van der Waals surface area contributed by atoms with Gasteiger partial charge in [0.1, 0.15) is 12.1 Å². The molecular formula is C13H18N6O2. The summed E-state index contributed by atoms with van der Waals surface area (Å²) in [6.07, 6.45) is 4.72. The standard InChI is InChI=1S/C13H18N6O2/c1-2-21-13(20)19-5-3-9(4-6-19)17-11-10-7-16-18-12(10)15-8-14-11/h7-9H,2-6H2,1H3,(H2,14,15,16,17,18). The largest absolute Gasteiger partial charge is 0.450 e. The highest BCUT2D eigenvalue weighted by Gasteiger charge is 2.24. The van der Waals surface area contributed by atoms with Crippen LogP contribution in [0.5, 0.6) is 0 Å². The van der Waals surface area contributed by atoms with Gasteiger partial charge in [-0.1, -0.05) is 0 Å². The van der Waals surface area contributed by atoms with Gasteiger partial charge >= 0.3 is 6.09 Å². The first-order valence-corrected chi connectivity index (χ1v) is 7.10. The van der Waals surface area contributed by atoms with Crippen LogP contribution in [0.15, 0.2) is 12.5 Å². The monoisotopic (exact) mass is 290 g/mol. The molecule has 0 unspecified atom stereocenters. The summed E-state index contributed by atoms with van der Waals surface area (Å²) in [6.45, 7) is 3.61. The van der Waals surface area contributed by atoms with Crippen LogP contribution in [0.2, 0.25) is 0 Å². The molecule has 3 heterocycles. The Morgan fingerprint density at radius 2 is 2.29 bits per heavy atom. The summed E-state index contributed by atoms with van der Waals surface area (Å²) in [7, 11) is 0. The van der Waals surface area contributed by atoms with Crippen LogP contribution in [0.25, 0.3) is 11.0 Å². The van der Waals surface area contributed by atoms with Crippen LogP contribution < -0.4 is 5.32 Å². The number of fused-ring (bicyclic) bond motifs is 1. The van der Waals surface area contributed by atoms with E-state index in [-0.39, 0.29) is 12.1 Å². The second-order valence-corrected chi connectivity index (χ2v) is 4.96. The molecule has 1 aliphatic rings. The number of carbonyl (C=O) groups excluding carboxylic acids is 1. The van der Waals surface area contributed by atoms with E-state index in [1.54, 1.807) is 11.1 Å². The number of carbonyl (C=O) groups is 1. The number of rotatable bonds is 3. The molecule has 1 aliphatic heterocycles. The van der Waals surface area contributed by atoms with Crippen LogP contribution in [0.4, 0.5) is 10.6 Å². The first-order valence-electron chi connectivity index (χ1n) is 7.10. The molecule has 2 aromatic heterocycles. The highest BCUT2D eigenvalue weighted by atomic mass is 16.6. The van der Waals surface area contributed by atoms with Crippen molar-refractivity contribution in [2.45, 2.75) is 25.8 Å². The van der Waals surface area contributed by atoms with E-state index in [9.17, 15) is 4.79 Å². The maximum Gasteiger partial charge on any atom is 0.409 e. The zero-order valence-corrected chi connectivity index (χ0v) is 11.9. The van der Waals surface area contributed by atoms with Crippen LogP contribution in [0, 0.1) is 0 Å². The molecule has 0 atom stereocenters. The van der Waals surface area contributed by atoms with Crippen molar-refractivity contribution in [3.8, 4) is 0 Å². The van der Waals surface area contributed by atoms with Gasteiger partial charge in [0.15, 0.2) is 5.65 Å². The Balaban J connectivity index is 1.60. The average Bonchev–Trinajstić information content (AvgIpc) is 2.98. The summed E-state index contributed by atoms with van der Waals surface area (Å²) < 4.78 is 5.02. The van der Waals surface area contributed by atoms with Crippen LogP contribution >= 0.6 is 0 Å². The van der Waals surface area contributed by atoms with Gasteiger partial charge < -0.3 is 15.0 Å². The minimum absolute atomic E-state index is 0.227. The molecule has 0 bridgehead atoms. The predicted molar refractivity (Wildman–Crippen MR) is 76.9 cm³/mol. The lowest BCUT2D eigenvalue weighted by atomic mass is 10.1. The second kappa shape index (κ2) is 5.94. The molecule has 3 rings (SSSR count). The lowest BCUT2D eigenvalue weighted by Gasteiger charge is -2.31. The summed E-state index contributed by atoms with van der Waals surface area (Å²) in [5.41, 5.74) is 0.719. The molecule has 8 heteroatoms. The van der Waals surface area contributed by atoms with Crippen molar-refractivity contribution in [3.63, 3.8) is 0 Å². The summed E-state index contributed by atoms with van der Waals surface area (Å²) >= 11 is 0. The van der Waals surface area contributed by atoms with Crippen LogP contribution in [-0.4, -0.2) is 56.9 Å². The van der Waals surface area contributed by atoms with Gasteiger partial charge in [0.2, 0.25) is 0 Å². The first-order chi connectivity index (χ1) is 10.3. The number of aromatic amines is 1. The van der Waals surface area contributed by atoms with E-state index in [0.29, 0.717) is 19.7 Å². The molecule has 21 heavy (non-hydrogen) atoms. The average molecular weight is 290 g/mol. The van der Waals surface area contributed by atoms with E-state index >= 15 is 0 Å². The molecule has 0 spiro atoms. The van der Waals surface area contributed by atoms with Gasteiger partial charge in [-0.15, -0.1) is 0 Å². The molecule has 2 N–H and O–H groups in total.